The van der Waals surface area contributed by atoms with Crippen LogP contribution in [-0.4, -0.2) is 38.0 Å². The summed E-state index contributed by atoms with van der Waals surface area (Å²) in [6.45, 7) is 6.78. The molecule has 0 aliphatic heterocycles. The summed E-state index contributed by atoms with van der Waals surface area (Å²) in [5.41, 5.74) is 2.96. The number of nitrogens with one attached hydrogen (secondary N) is 1. The maximum atomic E-state index is 12.3. The Balaban J connectivity index is 2.67. The number of benzene rings is 1. The van der Waals surface area contributed by atoms with E-state index < -0.39 is 10.0 Å². The van der Waals surface area contributed by atoms with Crippen LogP contribution in [0.3, 0.4) is 0 Å². The van der Waals surface area contributed by atoms with Gasteiger partial charge in [0.1, 0.15) is 0 Å². The van der Waals surface area contributed by atoms with E-state index in [2.05, 4.69) is 12.2 Å². The van der Waals surface area contributed by atoms with Crippen LogP contribution in [-0.2, 0) is 21.2 Å². The second kappa shape index (κ2) is 9.79. The molecule has 0 spiro atoms. The maximum absolute atomic E-state index is 12.3. The number of nitrogens with zero attached hydrogens (tertiary/aromatic N) is 1. The van der Waals surface area contributed by atoms with E-state index in [1.54, 1.807) is 0 Å². The Morgan fingerprint density at radius 1 is 1.17 bits per heavy atom. The summed E-state index contributed by atoms with van der Waals surface area (Å²) >= 11 is 0. The smallest absolute Gasteiger partial charge is 0.225 e. The van der Waals surface area contributed by atoms with Crippen LogP contribution < -0.4 is 5.32 Å². The molecule has 0 aliphatic carbocycles. The highest BCUT2D eigenvalue weighted by molar-refractivity contribution is 7.88. The Morgan fingerprint density at radius 2 is 1.88 bits per heavy atom. The number of rotatable bonds is 10. The number of hydrogen-bond donors (Lipinski definition) is 1. The first-order valence-corrected chi connectivity index (χ1v) is 10.5. The molecule has 0 unspecified atom stereocenters. The van der Waals surface area contributed by atoms with Gasteiger partial charge in [-0.25, -0.2) is 12.7 Å². The average molecular weight is 355 g/mol. The SMILES string of the molecule is CCCCCN(CCC(=O)Nc1c(C)cccc1CC)S(C)(=O)=O. The molecule has 0 saturated heterocycles. The van der Waals surface area contributed by atoms with Crippen molar-refractivity contribution in [3.63, 3.8) is 0 Å². The normalized spacial score (nSPS) is 11.7. The first kappa shape index (κ1) is 20.6. The van der Waals surface area contributed by atoms with Crippen LogP contribution in [0.2, 0.25) is 0 Å². The van der Waals surface area contributed by atoms with Crippen molar-refractivity contribution in [3.05, 3.63) is 29.3 Å². The van der Waals surface area contributed by atoms with Crippen molar-refractivity contribution in [2.45, 2.75) is 52.9 Å². The molecule has 0 atom stereocenters. The molecular formula is C18H30N2O3S. The highest BCUT2D eigenvalue weighted by atomic mass is 32.2. The van der Waals surface area contributed by atoms with Crippen LogP contribution in [0.25, 0.3) is 0 Å². The van der Waals surface area contributed by atoms with Gasteiger partial charge in [0.05, 0.1) is 6.26 Å². The molecule has 0 bridgehead atoms. The average Bonchev–Trinajstić information content (AvgIpc) is 2.51. The molecule has 0 fully saturated rings. The molecule has 1 rings (SSSR count). The topological polar surface area (TPSA) is 66.5 Å². The lowest BCUT2D eigenvalue weighted by Crippen LogP contribution is -2.34. The van der Waals surface area contributed by atoms with E-state index in [0.717, 1.165) is 42.5 Å². The number of carbonyl (C=O) groups excluding carboxylic acids is 1. The van der Waals surface area contributed by atoms with Crippen molar-refractivity contribution >= 4 is 21.6 Å². The number of carbonyl (C=O) groups is 1. The highest BCUT2D eigenvalue weighted by Gasteiger charge is 2.18. The fourth-order valence-electron chi connectivity index (χ4n) is 2.61. The van der Waals surface area contributed by atoms with Crippen molar-refractivity contribution in [1.82, 2.24) is 4.31 Å². The zero-order valence-corrected chi connectivity index (χ0v) is 16.1. The number of unbranched alkanes of at least 4 members (excludes halogenated alkanes) is 2. The Morgan fingerprint density at radius 3 is 2.46 bits per heavy atom. The van der Waals surface area contributed by atoms with Gasteiger partial charge in [0.15, 0.2) is 0 Å². The van der Waals surface area contributed by atoms with Crippen molar-refractivity contribution in [2.24, 2.45) is 0 Å². The van der Waals surface area contributed by atoms with Gasteiger partial charge in [-0.2, -0.15) is 0 Å². The summed E-state index contributed by atoms with van der Waals surface area (Å²) in [5.74, 6) is -0.150. The third-order valence-electron chi connectivity index (χ3n) is 4.07. The molecule has 1 aromatic carbocycles. The van der Waals surface area contributed by atoms with Crippen LogP contribution in [0.15, 0.2) is 18.2 Å². The van der Waals surface area contributed by atoms with Crippen molar-refractivity contribution in [2.75, 3.05) is 24.7 Å². The molecule has 0 saturated carbocycles. The van der Waals surface area contributed by atoms with E-state index >= 15 is 0 Å². The molecule has 1 aromatic rings. The van der Waals surface area contributed by atoms with Crippen LogP contribution >= 0.6 is 0 Å². The molecule has 0 aliphatic rings. The van der Waals surface area contributed by atoms with E-state index in [1.807, 2.05) is 32.0 Å². The summed E-state index contributed by atoms with van der Waals surface area (Å²) in [5, 5.41) is 2.94. The first-order valence-electron chi connectivity index (χ1n) is 8.63. The lowest BCUT2D eigenvalue weighted by atomic mass is 10.1. The van der Waals surface area contributed by atoms with Gasteiger partial charge in [0.25, 0.3) is 0 Å². The molecule has 136 valence electrons. The zero-order valence-electron chi connectivity index (χ0n) is 15.3. The van der Waals surface area contributed by atoms with E-state index in [4.69, 9.17) is 0 Å². The van der Waals surface area contributed by atoms with Gasteiger partial charge in [-0.15, -0.1) is 0 Å². The minimum absolute atomic E-state index is 0.150. The standard InChI is InChI=1S/C18H30N2O3S/c1-5-7-8-13-20(24(4,22)23)14-12-17(21)19-18-15(3)10-9-11-16(18)6-2/h9-11H,5-8,12-14H2,1-4H3,(H,19,21). The van der Waals surface area contributed by atoms with E-state index in [0.29, 0.717) is 6.54 Å². The van der Waals surface area contributed by atoms with Gasteiger partial charge in [0, 0.05) is 25.2 Å². The quantitative estimate of drug-likeness (QED) is 0.655. The van der Waals surface area contributed by atoms with Gasteiger partial charge in [-0.3, -0.25) is 4.79 Å². The zero-order chi connectivity index (χ0) is 18.2. The molecule has 6 heteroatoms. The minimum Gasteiger partial charge on any atom is -0.326 e. The van der Waals surface area contributed by atoms with Crippen LogP contribution in [0.4, 0.5) is 5.69 Å². The first-order chi connectivity index (χ1) is 11.3. The van der Waals surface area contributed by atoms with Crippen LogP contribution in [0, 0.1) is 6.92 Å². The number of amides is 1. The number of aryl methyl sites for hydroxylation is 2. The van der Waals surface area contributed by atoms with Gasteiger partial charge in [-0.1, -0.05) is 44.9 Å². The number of sulfonamides is 1. The Labute approximate surface area is 146 Å². The predicted octanol–water partition coefficient (Wildman–Crippen LogP) is 3.34. The fraction of sp³-hybridized carbons (Fsp3) is 0.611. The predicted molar refractivity (Wildman–Crippen MR) is 99.7 cm³/mol. The highest BCUT2D eigenvalue weighted by Crippen LogP contribution is 2.21. The maximum Gasteiger partial charge on any atom is 0.225 e. The van der Waals surface area contributed by atoms with Crippen LogP contribution in [0.5, 0.6) is 0 Å². The molecule has 1 N–H and O–H groups in total. The molecule has 1 amide bonds. The van der Waals surface area contributed by atoms with E-state index in [1.165, 1.54) is 10.6 Å². The van der Waals surface area contributed by atoms with E-state index in [9.17, 15) is 13.2 Å². The Kier molecular flexibility index (Phi) is 8.42. The Bertz CT molecular complexity index is 642. The summed E-state index contributed by atoms with van der Waals surface area (Å²) in [6, 6.07) is 5.93. The summed E-state index contributed by atoms with van der Waals surface area (Å²) < 4.78 is 25.1. The lowest BCUT2D eigenvalue weighted by Gasteiger charge is -2.20. The molecule has 24 heavy (non-hydrogen) atoms. The van der Waals surface area contributed by atoms with Crippen LogP contribution in [0.1, 0.15) is 50.7 Å². The number of anilines is 1. The molecule has 5 nitrogen and oxygen atoms in total. The van der Waals surface area contributed by atoms with Gasteiger partial charge >= 0.3 is 0 Å². The second-order valence-corrected chi connectivity index (χ2v) is 8.11. The lowest BCUT2D eigenvalue weighted by molar-refractivity contribution is -0.116. The Hall–Kier alpha value is -1.40. The second-order valence-electron chi connectivity index (χ2n) is 6.13. The largest absolute Gasteiger partial charge is 0.326 e. The van der Waals surface area contributed by atoms with Gasteiger partial charge < -0.3 is 5.32 Å². The van der Waals surface area contributed by atoms with Gasteiger partial charge in [-0.05, 0) is 30.9 Å². The fourth-order valence-corrected chi connectivity index (χ4v) is 3.50. The van der Waals surface area contributed by atoms with E-state index in [-0.39, 0.29) is 18.9 Å². The summed E-state index contributed by atoms with van der Waals surface area (Å²) in [4.78, 5) is 12.3. The summed E-state index contributed by atoms with van der Waals surface area (Å²) in [6.07, 6.45) is 5.04. The monoisotopic (exact) mass is 354 g/mol. The van der Waals surface area contributed by atoms with Crippen molar-refractivity contribution in [1.29, 1.82) is 0 Å². The van der Waals surface area contributed by atoms with Gasteiger partial charge in [0.2, 0.25) is 15.9 Å². The molecule has 0 heterocycles. The molecule has 0 aromatic heterocycles. The molecule has 0 radical (unpaired) electrons. The third kappa shape index (κ3) is 6.61. The minimum atomic E-state index is -3.28. The number of para-hydroxylation sites is 1. The van der Waals surface area contributed by atoms with Crippen molar-refractivity contribution in [3.8, 4) is 0 Å². The molecular weight excluding hydrogens is 324 g/mol. The third-order valence-corrected chi connectivity index (χ3v) is 5.38. The summed E-state index contributed by atoms with van der Waals surface area (Å²) in [7, 11) is -3.28. The van der Waals surface area contributed by atoms with Crippen molar-refractivity contribution < 1.29 is 13.2 Å². The number of hydrogen-bond acceptors (Lipinski definition) is 3.